The molecule has 0 aliphatic carbocycles. The van der Waals surface area contributed by atoms with Crippen molar-refractivity contribution in [2.45, 2.75) is 13.3 Å². The van der Waals surface area contributed by atoms with E-state index in [1.165, 1.54) is 10.5 Å². The maximum atomic E-state index is 12.5. The number of carbonyl (C=O) groups excluding carboxylic acids is 1. The molecule has 1 aliphatic rings. The molecule has 1 aromatic carbocycles. The fraction of sp³-hybridized carbons (Fsp3) is 0.438. The van der Waals surface area contributed by atoms with Crippen LogP contribution >= 0.6 is 0 Å². The summed E-state index contributed by atoms with van der Waals surface area (Å²) in [6, 6.07) is 6.18. The molecule has 1 fully saturated rings. The van der Waals surface area contributed by atoms with E-state index < -0.39 is 0 Å². The molecule has 1 aromatic heterocycles. The number of nitrogens with one attached hydrogen (secondary N) is 2. The van der Waals surface area contributed by atoms with Crippen LogP contribution < -0.4 is 4.90 Å². The number of morpholine rings is 1. The lowest BCUT2D eigenvalue weighted by Crippen LogP contribution is -3.14. The van der Waals surface area contributed by atoms with Crippen LogP contribution in [0.1, 0.15) is 22.8 Å². The van der Waals surface area contributed by atoms with Gasteiger partial charge in [0, 0.05) is 22.7 Å². The summed E-state index contributed by atoms with van der Waals surface area (Å²) in [7, 11) is 0. The van der Waals surface area contributed by atoms with Crippen LogP contribution in [0.5, 0.6) is 0 Å². The van der Waals surface area contributed by atoms with Crippen molar-refractivity contribution in [2.24, 2.45) is 0 Å². The van der Waals surface area contributed by atoms with Gasteiger partial charge in [0.25, 0.3) is 0 Å². The van der Waals surface area contributed by atoms with Gasteiger partial charge in [-0.05, 0) is 12.0 Å². The predicted molar refractivity (Wildman–Crippen MR) is 78.4 cm³/mol. The molecule has 2 N–H and O–H groups in total. The van der Waals surface area contributed by atoms with Gasteiger partial charge >= 0.3 is 0 Å². The molecule has 4 heteroatoms. The third-order valence-corrected chi connectivity index (χ3v) is 4.09. The highest BCUT2D eigenvalue weighted by Gasteiger charge is 2.21. The van der Waals surface area contributed by atoms with E-state index in [0.29, 0.717) is 6.54 Å². The molecule has 2 aromatic rings. The van der Waals surface area contributed by atoms with Crippen LogP contribution in [-0.2, 0) is 11.2 Å². The maximum absolute atomic E-state index is 12.5. The summed E-state index contributed by atoms with van der Waals surface area (Å²) in [5.41, 5.74) is 3.20. The van der Waals surface area contributed by atoms with Gasteiger partial charge in [-0.25, -0.2) is 0 Å². The van der Waals surface area contributed by atoms with Crippen molar-refractivity contribution in [3.8, 4) is 0 Å². The normalized spacial score (nSPS) is 16.6. The number of aromatic amines is 1. The van der Waals surface area contributed by atoms with Crippen molar-refractivity contribution < 1.29 is 14.4 Å². The van der Waals surface area contributed by atoms with Crippen LogP contribution in [0.15, 0.2) is 24.4 Å². The molecular weight excluding hydrogens is 252 g/mol. The van der Waals surface area contributed by atoms with E-state index in [1.54, 1.807) is 0 Å². The molecule has 1 aliphatic heterocycles. The number of carbonyl (C=O) groups is 1. The Hall–Kier alpha value is -1.65. The molecule has 0 saturated carbocycles. The van der Waals surface area contributed by atoms with E-state index in [-0.39, 0.29) is 5.78 Å². The van der Waals surface area contributed by atoms with Crippen LogP contribution in [0.2, 0.25) is 0 Å². The molecular formula is C16H21N2O2+. The molecule has 0 amide bonds. The zero-order valence-electron chi connectivity index (χ0n) is 11.9. The molecule has 2 heterocycles. The fourth-order valence-electron chi connectivity index (χ4n) is 2.90. The molecule has 1 saturated heterocycles. The van der Waals surface area contributed by atoms with Crippen molar-refractivity contribution in [2.75, 3.05) is 32.8 Å². The molecule has 20 heavy (non-hydrogen) atoms. The molecule has 0 unspecified atom stereocenters. The van der Waals surface area contributed by atoms with Crippen molar-refractivity contribution in [1.29, 1.82) is 0 Å². The lowest BCUT2D eigenvalue weighted by Gasteiger charge is -2.22. The third kappa shape index (κ3) is 2.49. The summed E-state index contributed by atoms with van der Waals surface area (Å²) in [5.74, 6) is 0.224. The molecule has 0 radical (unpaired) electrons. The minimum absolute atomic E-state index is 0.224. The van der Waals surface area contributed by atoms with Crippen LogP contribution in [-0.4, -0.2) is 43.6 Å². The molecule has 0 spiro atoms. The summed E-state index contributed by atoms with van der Waals surface area (Å²) in [4.78, 5) is 17.1. The second-order valence-corrected chi connectivity index (χ2v) is 5.36. The van der Waals surface area contributed by atoms with Gasteiger partial charge in [-0.15, -0.1) is 0 Å². The first kappa shape index (κ1) is 13.3. The Kier molecular flexibility index (Phi) is 3.85. The number of hydrogen-bond acceptors (Lipinski definition) is 2. The number of para-hydroxylation sites is 1. The van der Waals surface area contributed by atoms with Crippen LogP contribution in [0, 0.1) is 0 Å². The minimum atomic E-state index is 0.224. The van der Waals surface area contributed by atoms with E-state index in [9.17, 15) is 4.79 Å². The molecule has 4 nitrogen and oxygen atoms in total. The summed E-state index contributed by atoms with van der Waals surface area (Å²) in [6.45, 7) is 6.07. The number of quaternary nitrogens is 1. The van der Waals surface area contributed by atoms with Crippen molar-refractivity contribution in [1.82, 2.24) is 4.98 Å². The Bertz CT molecular complexity index is 612. The topological polar surface area (TPSA) is 46.5 Å². The summed E-state index contributed by atoms with van der Waals surface area (Å²) in [6.07, 6.45) is 2.84. The Morgan fingerprint density at radius 1 is 1.35 bits per heavy atom. The van der Waals surface area contributed by atoms with Gasteiger partial charge < -0.3 is 14.6 Å². The second-order valence-electron chi connectivity index (χ2n) is 5.36. The number of ketones is 1. The van der Waals surface area contributed by atoms with Gasteiger partial charge in [0.15, 0.2) is 0 Å². The first-order chi connectivity index (χ1) is 9.79. The standard InChI is InChI=1S/C16H20N2O2/c1-2-12-4-3-5-13-14(10-17-16(12)13)15(19)11-18-6-8-20-9-7-18/h3-5,10,17H,2,6-9,11H2,1H3/p+1. The van der Waals surface area contributed by atoms with E-state index in [1.807, 2.05) is 18.3 Å². The number of rotatable bonds is 4. The Balaban J connectivity index is 1.84. The smallest absolute Gasteiger partial charge is 0.219 e. The number of Topliss-reactive ketones (excluding diaryl/α,β-unsaturated/α-hetero) is 1. The van der Waals surface area contributed by atoms with E-state index in [2.05, 4.69) is 18.0 Å². The summed E-state index contributed by atoms with van der Waals surface area (Å²) in [5, 5.41) is 1.06. The Morgan fingerprint density at radius 3 is 2.90 bits per heavy atom. The number of ether oxygens (including phenoxy) is 1. The molecule has 0 atom stereocenters. The van der Waals surface area contributed by atoms with Crippen molar-refractivity contribution in [3.05, 3.63) is 35.5 Å². The van der Waals surface area contributed by atoms with E-state index >= 15 is 0 Å². The number of aryl methyl sites for hydroxylation is 1. The quantitative estimate of drug-likeness (QED) is 0.811. The van der Waals surface area contributed by atoms with Gasteiger partial charge in [0.05, 0.1) is 13.2 Å². The van der Waals surface area contributed by atoms with Gasteiger partial charge in [0.1, 0.15) is 19.6 Å². The minimum Gasteiger partial charge on any atom is -0.370 e. The Labute approximate surface area is 118 Å². The van der Waals surface area contributed by atoms with E-state index in [0.717, 1.165) is 49.2 Å². The number of fused-ring (bicyclic) bond motifs is 1. The maximum Gasteiger partial charge on any atom is 0.219 e. The molecule has 0 bridgehead atoms. The van der Waals surface area contributed by atoms with E-state index in [4.69, 9.17) is 4.74 Å². The predicted octanol–water partition coefficient (Wildman–Crippen LogP) is 0.828. The zero-order chi connectivity index (χ0) is 13.9. The SMILES string of the molecule is CCc1cccc2c(C(=O)C[NH+]3CCOCC3)c[nH]c12. The molecule has 106 valence electrons. The van der Waals surface area contributed by atoms with Gasteiger partial charge in [-0.2, -0.15) is 0 Å². The highest BCUT2D eigenvalue weighted by Crippen LogP contribution is 2.22. The highest BCUT2D eigenvalue weighted by molar-refractivity contribution is 6.08. The summed E-state index contributed by atoms with van der Waals surface area (Å²) < 4.78 is 5.33. The second kappa shape index (κ2) is 5.77. The molecule has 3 rings (SSSR count). The van der Waals surface area contributed by atoms with Gasteiger partial charge in [-0.1, -0.05) is 25.1 Å². The largest absolute Gasteiger partial charge is 0.370 e. The highest BCUT2D eigenvalue weighted by atomic mass is 16.5. The fourth-order valence-corrected chi connectivity index (χ4v) is 2.90. The number of aromatic nitrogens is 1. The van der Waals surface area contributed by atoms with Crippen LogP contribution in [0.3, 0.4) is 0 Å². The average molecular weight is 273 g/mol. The first-order valence-electron chi connectivity index (χ1n) is 7.33. The average Bonchev–Trinajstić information content (AvgIpc) is 2.92. The number of hydrogen-bond donors (Lipinski definition) is 2. The third-order valence-electron chi connectivity index (χ3n) is 4.09. The summed E-state index contributed by atoms with van der Waals surface area (Å²) >= 11 is 0. The van der Waals surface area contributed by atoms with Gasteiger partial charge in [-0.3, -0.25) is 4.79 Å². The van der Waals surface area contributed by atoms with Gasteiger partial charge in [0.2, 0.25) is 5.78 Å². The number of H-pyrrole nitrogens is 1. The van der Waals surface area contributed by atoms with Crippen LogP contribution in [0.4, 0.5) is 0 Å². The monoisotopic (exact) mass is 273 g/mol. The lowest BCUT2D eigenvalue weighted by molar-refractivity contribution is -0.899. The Morgan fingerprint density at radius 2 is 2.15 bits per heavy atom. The first-order valence-corrected chi connectivity index (χ1v) is 7.33. The van der Waals surface area contributed by atoms with Crippen molar-refractivity contribution in [3.63, 3.8) is 0 Å². The van der Waals surface area contributed by atoms with Crippen molar-refractivity contribution >= 4 is 16.7 Å². The number of benzene rings is 1. The van der Waals surface area contributed by atoms with Crippen LogP contribution in [0.25, 0.3) is 10.9 Å². The lowest BCUT2D eigenvalue weighted by atomic mass is 10.0. The zero-order valence-corrected chi connectivity index (χ0v) is 11.9.